The van der Waals surface area contributed by atoms with Crippen LogP contribution in [0.25, 0.3) is 33.5 Å². The summed E-state index contributed by atoms with van der Waals surface area (Å²) in [5.41, 5.74) is 5.34. The lowest BCUT2D eigenvalue weighted by molar-refractivity contribution is 0.415. The van der Waals surface area contributed by atoms with Crippen LogP contribution in [0.2, 0.25) is 0 Å². The average Bonchev–Trinajstić information content (AvgIpc) is 3.08. The van der Waals surface area contributed by atoms with Crippen molar-refractivity contribution in [3.8, 4) is 17.3 Å². The molecule has 22 heavy (non-hydrogen) atoms. The number of rotatable bonds is 1. The second-order valence-corrected chi connectivity index (χ2v) is 5.57. The zero-order chi connectivity index (χ0) is 14.7. The van der Waals surface area contributed by atoms with E-state index in [4.69, 9.17) is 14.7 Å². The minimum atomic E-state index is 0.825. The topological polar surface area (TPSA) is 39.9 Å². The average molecular weight is 287 g/mol. The highest BCUT2D eigenvalue weighted by Crippen LogP contribution is 2.35. The Balaban J connectivity index is 1.80. The Morgan fingerprint density at radius 1 is 1.00 bits per heavy atom. The van der Waals surface area contributed by atoms with Crippen LogP contribution in [0, 0.1) is 0 Å². The summed E-state index contributed by atoms with van der Waals surface area (Å²) in [5.74, 6) is 1.78. The Morgan fingerprint density at radius 2 is 1.91 bits per heavy atom. The third-order valence-corrected chi connectivity index (χ3v) is 4.30. The van der Waals surface area contributed by atoms with Gasteiger partial charge in [0.05, 0.1) is 30.2 Å². The van der Waals surface area contributed by atoms with Crippen LogP contribution in [0.4, 0.5) is 0 Å². The molecule has 0 spiro atoms. The maximum Gasteiger partial charge on any atom is 0.160 e. The van der Waals surface area contributed by atoms with Gasteiger partial charge in [0.25, 0.3) is 0 Å². The molecule has 4 aromatic rings. The van der Waals surface area contributed by atoms with Crippen LogP contribution in [0.1, 0.15) is 5.56 Å². The van der Waals surface area contributed by atoms with Gasteiger partial charge in [-0.2, -0.15) is 0 Å². The number of methoxy groups -OCH3 is 1. The van der Waals surface area contributed by atoms with Crippen molar-refractivity contribution < 1.29 is 4.74 Å². The molecule has 0 radical (unpaired) electrons. The molecule has 0 saturated carbocycles. The van der Waals surface area contributed by atoms with E-state index in [0.29, 0.717) is 0 Å². The molecule has 106 valence electrons. The highest BCUT2D eigenvalue weighted by atomic mass is 16.5. The second-order valence-electron chi connectivity index (χ2n) is 5.57. The first-order valence-electron chi connectivity index (χ1n) is 7.27. The van der Waals surface area contributed by atoms with Gasteiger partial charge in [-0.25, -0.2) is 9.97 Å². The lowest BCUT2D eigenvalue weighted by atomic mass is 10.1. The minimum Gasteiger partial charge on any atom is -0.497 e. The molecule has 1 aliphatic heterocycles. The number of hydrogen-bond acceptors (Lipinski definition) is 3. The Kier molecular flexibility index (Phi) is 2.17. The molecule has 0 fully saturated rings. The van der Waals surface area contributed by atoms with E-state index in [0.717, 1.165) is 45.7 Å². The number of benzene rings is 2. The van der Waals surface area contributed by atoms with E-state index in [9.17, 15) is 0 Å². The third-order valence-electron chi connectivity index (χ3n) is 4.30. The third kappa shape index (κ3) is 1.46. The van der Waals surface area contributed by atoms with Crippen molar-refractivity contribution >= 4 is 21.9 Å². The lowest BCUT2D eigenvalue weighted by Crippen LogP contribution is -1.92. The first-order valence-corrected chi connectivity index (χ1v) is 7.27. The van der Waals surface area contributed by atoms with Crippen LogP contribution in [0.15, 0.2) is 48.5 Å². The minimum absolute atomic E-state index is 0.825. The van der Waals surface area contributed by atoms with Crippen LogP contribution in [-0.4, -0.2) is 21.6 Å². The van der Waals surface area contributed by atoms with Crippen LogP contribution in [0.3, 0.4) is 0 Å². The fourth-order valence-electron chi connectivity index (χ4n) is 3.22. The zero-order valence-electron chi connectivity index (χ0n) is 12.1. The highest BCUT2D eigenvalue weighted by Gasteiger charge is 2.24. The monoisotopic (exact) mass is 287 g/mol. The number of para-hydroxylation sites is 2. The van der Waals surface area contributed by atoms with Crippen molar-refractivity contribution in [2.24, 2.45) is 0 Å². The quantitative estimate of drug-likeness (QED) is 0.473. The van der Waals surface area contributed by atoms with Crippen LogP contribution in [0.5, 0.6) is 5.75 Å². The predicted molar refractivity (Wildman–Crippen MR) is 86.1 cm³/mol. The molecule has 2 aromatic heterocycles. The molecule has 0 amide bonds. The molecule has 0 N–H and O–H groups in total. The smallest absolute Gasteiger partial charge is 0.160 e. The maximum atomic E-state index is 5.30. The number of aromatic nitrogens is 3. The van der Waals surface area contributed by atoms with Gasteiger partial charge < -0.3 is 9.30 Å². The summed E-state index contributed by atoms with van der Waals surface area (Å²) in [5, 5.41) is 1.13. The Bertz CT molecular complexity index is 1050. The van der Waals surface area contributed by atoms with Crippen molar-refractivity contribution in [1.29, 1.82) is 0 Å². The van der Waals surface area contributed by atoms with Gasteiger partial charge in [0, 0.05) is 17.0 Å². The molecule has 4 nitrogen and oxygen atoms in total. The molecule has 3 heterocycles. The molecule has 4 heteroatoms. The molecular weight excluding hydrogens is 274 g/mol. The summed E-state index contributed by atoms with van der Waals surface area (Å²) < 4.78 is 7.54. The SMILES string of the molecule is COc1ccc2cc3c(nc2c1)-c1nc2ccccc2n1C3. The molecular formula is C18H13N3O. The van der Waals surface area contributed by atoms with E-state index < -0.39 is 0 Å². The van der Waals surface area contributed by atoms with E-state index in [1.165, 1.54) is 5.56 Å². The van der Waals surface area contributed by atoms with Crippen LogP contribution >= 0.6 is 0 Å². The number of ether oxygens (including phenoxy) is 1. The summed E-state index contributed by atoms with van der Waals surface area (Å²) in [6, 6.07) is 16.4. The number of nitrogens with zero attached hydrogens (tertiary/aromatic N) is 3. The standard InChI is InChI=1S/C18H13N3O/c1-22-13-7-6-11-8-12-10-21-16-5-3-2-4-14(16)20-18(21)17(12)19-15(11)9-13/h2-9H,10H2,1H3. The van der Waals surface area contributed by atoms with Gasteiger partial charge in [0.2, 0.25) is 0 Å². The Morgan fingerprint density at radius 3 is 2.82 bits per heavy atom. The van der Waals surface area contributed by atoms with Crippen LogP contribution in [-0.2, 0) is 6.54 Å². The lowest BCUT2D eigenvalue weighted by Gasteiger charge is -2.04. The van der Waals surface area contributed by atoms with Crippen molar-refractivity contribution in [2.75, 3.05) is 7.11 Å². The largest absolute Gasteiger partial charge is 0.497 e. The van der Waals surface area contributed by atoms with Crippen LogP contribution < -0.4 is 4.74 Å². The Hall–Kier alpha value is -2.88. The highest BCUT2D eigenvalue weighted by molar-refractivity contribution is 5.87. The summed E-state index contributed by atoms with van der Waals surface area (Å²) in [4.78, 5) is 9.59. The molecule has 0 unspecified atom stereocenters. The second kappa shape index (κ2) is 4.07. The summed E-state index contributed by atoms with van der Waals surface area (Å²) >= 11 is 0. The fourth-order valence-corrected chi connectivity index (χ4v) is 3.22. The number of imidazole rings is 1. The summed E-state index contributed by atoms with van der Waals surface area (Å²) in [6.45, 7) is 0.833. The number of fused-ring (bicyclic) bond motifs is 6. The van der Waals surface area contributed by atoms with Gasteiger partial charge in [-0.15, -0.1) is 0 Å². The number of hydrogen-bond donors (Lipinski definition) is 0. The van der Waals surface area contributed by atoms with E-state index in [1.807, 2.05) is 24.3 Å². The normalized spacial score (nSPS) is 12.6. The molecule has 5 rings (SSSR count). The zero-order valence-corrected chi connectivity index (χ0v) is 12.1. The molecule has 0 bridgehead atoms. The summed E-state index contributed by atoms with van der Waals surface area (Å²) in [7, 11) is 1.67. The Labute approximate surface area is 127 Å². The molecule has 0 atom stereocenters. The van der Waals surface area contributed by atoms with Gasteiger partial charge in [-0.05, 0) is 30.3 Å². The van der Waals surface area contributed by atoms with Gasteiger partial charge >= 0.3 is 0 Å². The van der Waals surface area contributed by atoms with Gasteiger partial charge in [-0.1, -0.05) is 12.1 Å². The number of pyridine rings is 1. The molecule has 0 saturated heterocycles. The molecule has 2 aromatic carbocycles. The first-order chi connectivity index (χ1) is 10.8. The van der Waals surface area contributed by atoms with Gasteiger partial charge in [-0.3, -0.25) is 0 Å². The van der Waals surface area contributed by atoms with Crippen molar-refractivity contribution in [1.82, 2.24) is 14.5 Å². The maximum absolute atomic E-state index is 5.30. The van der Waals surface area contributed by atoms with E-state index >= 15 is 0 Å². The van der Waals surface area contributed by atoms with E-state index in [-0.39, 0.29) is 0 Å². The first kappa shape index (κ1) is 11.7. The van der Waals surface area contributed by atoms with E-state index in [1.54, 1.807) is 7.11 Å². The predicted octanol–water partition coefficient (Wildman–Crippen LogP) is 3.62. The van der Waals surface area contributed by atoms with Crippen molar-refractivity contribution in [3.63, 3.8) is 0 Å². The molecule has 1 aliphatic rings. The molecule has 0 aliphatic carbocycles. The van der Waals surface area contributed by atoms with Crippen molar-refractivity contribution in [2.45, 2.75) is 6.54 Å². The summed E-state index contributed by atoms with van der Waals surface area (Å²) in [6.07, 6.45) is 0. The van der Waals surface area contributed by atoms with Crippen molar-refractivity contribution in [3.05, 3.63) is 54.1 Å². The fraction of sp³-hybridized carbons (Fsp3) is 0.111. The van der Waals surface area contributed by atoms with Gasteiger partial charge in [0.1, 0.15) is 11.4 Å². The van der Waals surface area contributed by atoms with Gasteiger partial charge in [0.15, 0.2) is 5.82 Å². The van der Waals surface area contributed by atoms with E-state index in [2.05, 4.69) is 28.8 Å².